The number of pyridine rings is 1. The molecule has 0 radical (unpaired) electrons. The van der Waals surface area contributed by atoms with E-state index in [4.69, 9.17) is 9.47 Å². The van der Waals surface area contributed by atoms with Crippen LogP contribution in [0.3, 0.4) is 0 Å². The molecular formula is C27H32F2N4O2. The van der Waals surface area contributed by atoms with Crippen molar-refractivity contribution < 1.29 is 18.3 Å². The van der Waals surface area contributed by atoms with Gasteiger partial charge in [-0.25, -0.2) is 23.7 Å². The lowest BCUT2D eigenvalue weighted by atomic mass is 9.98. The van der Waals surface area contributed by atoms with Crippen LogP contribution >= 0.6 is 0 Å². The number of hydrogen-bond donors (Lipinski definition) is 0. The molecule has 0 atom stereocenters. The Labute approximate surface area is 205 Å². The van der Waals surface area contributed by atoms with Crippen molar-refractivity contribution in [2.24, 2.45) is 5.92 Å². The number of anilines is 1. The highest BCUT2D eigenvalue weighted by Gasteiger charge is 2.23. The van der Waals surface area contributed by atoms with Gasteiger partial charge in [0.1, 0.15) is 0 Å². The molecule has 1 aliphatic heterocycles. The Balaban J connectivity index is 1.31. The van der Waals surface area contributed by atoms with Crippen molar-refractivity contribution in [2.45, 2.75) is 46.0 Å². The first-order chi connectivity index (χ1) is 17.1. The number of piperidine rings is 1. The molecule has 0 N–H and O–H groups in total. The number of hydrogen-bond acceptors (Lipinski definition) is 6. The molecule has 1 aromatic carbocycles. The van der Waals surface area contributed by atoms with Gasteiger partial charge in [0.25, 0.3) is 0 Å². The van der Waals surface area contributed by atoms with Crippen LogP contribution in [0, 0.1) is 17.6 Å². The van der Waals surface area contributed by atoms with Crippen LogP contribution < -0.4 is 14.4 Å². The number of halogens is 2. The molecular weight excluding hydrogens is 450 g/mol. The smallest absolute Gasteiger partial charge is 0.225 e. The molecule has 0 amide bonds. The molecule has 35 heavy (non-hydrogen) atoms. The van der Waals surface area contributed by atoms with Gasteiger partial charge < -0.3 is 14.4 Å². The van der Waals surface area contributed by atoms with Gasteiger partial charge in [-0.2, -0.15) is 0 Å². The second kappa shape index (κ2) is 11.9. The first-order valence-corrected chi connectivity index (χ1v) is 12.3. The van der Waals surface area contributed by atoms with Gasteiger partial charge in [0.15, 0.2) is 17.4 Å². The highest BCUT2D eigenvalue weighted by Crippen LogP contribution is 2.30. The summed E-state index contributed by atoms with van der Waals surface area (Å²) in [7, 11) is 0. The van der Waals surface area contributed by atoms with Crippen LogP contribution in [0.15, 0.2) is 42.9 Å². The van der Waals surface area contributed by atoms with E-state index in [1.54, 1.807) is 18.3 Å². The van der Waals surface area contributed by atoms with E-state index in [-0.39, 0.29) is 18.3 Å². The van der Waals surface area contributed by atoms with E-state index in [9.17, 15) is 8.78 Å². The van der Waals surface area contributed by atoms with Gasteiger partial charge in [-0.3, -0.25) is 0 Å². The number of aromatic nitrogens is 3. The average Bonchev–Trinajstić information content (AvgIpc) is 2.89. The van der Waals surface area contributed by atoms with Gasteiger partial charge in [-0.15, -0.1) is 0 Å². The van der Waals surface area contributed by atoms with Crippen LogP contribution in [0.2, 0.25) is 0 Å². The summed E-state index contributed by atoms with van der Waals surface area (Å²) in [4.78, 5) is 15.3. The molecule has 1 fully saturated rings. The van der Waals surface area contributed by atoms with Crippen molar-refractivity contribution in [3.63, 3.8) is 0 Å². The Morgan fingerprint density at radius 2 is 1.63 bits per heavy atom. The summed E-state index contributed by atoms with van der Waals surface area (Å²) in [5.41, 5.74) is 2.12. The average molecular weight is 483 g/mol. The van der Waals surface area contributed by atoms with Gasteiger partial charge in [0.05, 0.1) is 13.2 Å². The number of aryl methyl sites for hydroxylation is 1. The van der Waals surface area contributed by atoms with E-state index in [2.05, 4.69) is 33.7 Å². The molecule has 3 aromatic rings. The molecule has 8 heteroatoms. The fraction of sp³-hybridized carbons (Fsp3) is 0.444. The van der Waals surface area contributed by atoms with Crippen LogP contribution in [-0.4, -0.2) is 41.3 Å². The van der Waals surface area contributed by atoms with Crippen LogP contribution in [0.25, 0.3) is 11.1 Å². The number of rotatable bonds is 10. The zero-order valence-electron chi connectivity index (χ0n) is 20.3. The first-order valence-electron chi connectivity index (χ1n) is 12.3. The molecule has 3 heterocycles. The van der Waals surface area contributed by atoms with E-state index in [1.165, 1.54) is 12.1 Å². The summed E-state index contributed by atoms with van der Waals surface area (Å²) in [6.45, 7) is 6.59. The van der Waals surface area contributed by atoms with E-state index < -0.39 is 11.6 Å². The van der Waals surface area contributed by atoms with E-state index in [0.717, 1.165) is 56.7 Å². The summed E-state index contributed by atoms with van der Waals surface area (Å²) in [5.74, 6) is -0.329. The van der Waals surface area contributed by atoms with Crippen molar-refractivity contribution in [3.05, 3.63) is 60.1 Å². The van der Waals surface area contributed by atoms with Gasteiger partial charge in [-0.05, 0) is 60.9 Å². The topological polar surface area (TPSA) is 60.4 Å². The van der Waals surface area contributed by atoms with E-state index in [1.807, 2.05) is 12.4 Å². The minimum absolute atomic E-state index is 0.212. The lowest BCUT2D eigenvalue weighted by Gasteiger charge is -2.31. The summed E-state index contributed by atoms with van der Waals surface area (Å²) >= 11 is 0. The van der Waals surface area contributed by atoms with Crippen molar-refractivity contribution in [3.8, 4) is 22.8 Å². The Morgan fingerprint density at radius 1 is 0.914 bits per heavy atom. The lowest BCUT2D eigenvalue weighted by molar-refractivity contribution is 0.207. The molecule has 1 saturated heterocycles. The van der Waals surface area contributed by atoms with Crippen molar-refractivity contribution in [1.82, 2.24) is 15.0 Å². The Hall–Kier alpha value is -3.29. The van der Waals surface area contributed by atoms with E-state index >= 15 is 0 Å². The Morgan fingerprint density at radius 3 is 2.23 bits per heavy atom. The second-order valence-electron chi connectivity index (χ2n) is 8.84. The van der Waals surface area contributed by atoms with Crippen LogP contribution in [0.5, 0.6) is 11.6 Å². The molecule has 4 rings (SSSR count). The normalized spacial score (nSPS) is 14.2. The monoisotopic (exact) mass is 482 g/mol. The number of unbranched alkanes of at least 4 members (excludes halogenated alkanes) is 1. The first kappa shape index (κ1) is 24.8. The van der Waals surface area contributed by atoms with Crippen molar-refractivity contribution >= 4 is 5.95 Å². The van der Waals surface area contributed by atoms with Crippen molar-refractivity contribution in [1.29, 1.82) is 0 Å². The maximum atomic E-state index is 14.7. The third kappa shape index (κ3) is 6.44. The maximum absolute atomic E-state index is 14.7. The minimum Gasteiger partial charge on any atom is -0.487 e. The molecule has 2 aromatic heterocycles. The maximum Gasteiger partial charge on any atom is 0.225 e. The standard InChI is InChI=1S/C27H32F2N4O2/c1-3-5-12-34-25-7-6-21(17-30-25)22-13-23(28)26(24(29)14-22)35-18-20-8-10-33(11-9-20)27-31-15-19(4-2)16-32-27/h6-7,13-17,20H,3-5,8-12,18H2,1-2H3. The molecule has 1 aliphatic rings. The molecule has 0 aliphatic carbocycles. The van der Waals surface area contributed by atoms with E-state index in [0.29, 0.717) is 23.6 Å². The number of nitrogens with zero attached hydrogens (tertiary/aromatic N) is 4. The molecule has 0 spiro atoms. The summed E-state index contributed by atoms with van der Waals surface area (Å²) in [6, 6.07) is 6.02. The Bertz CT molecular complexity index is 1060. The number of ether oxygens (including phenoxy) is 2. The minimum atomic E-state index is -0.717. The highest BCUT2D eigenvalue weighted by molar-refractivity contribution is 5.64. The van der Waals surface area contributed by atoms with Crippen LogP contribution in [0.1, 0.15) is 45.1 Å². The zero-order valence-corrected chi connectivity index (χ0v) is 20.3. The summed E-state index contributed by atoms with van der Waals surface area (Å²) in [5, 5.41) is 0. The molecule has 0 saturated carbocycles. The zero-order chi connectivity index (χ0) is 24.6. The van der Waals surface area contributed by atoms with Crippen molar-refractivity contribution in [2.75, 3.05) is 31.2 Å². The quantitative estimate of drug-likeness (QED) is 0.338. The largest absolute Gasteiger partial charge is 0.487 e. The lowest BCUT2D eigenvalue weighted by Crippen LogP contribution is -2.36. The SMILES string of the molecule is CCCCOc1ccc(-c2cc(F)c(OCC3CCN(c4ncc(CC)cn4)CC3)c(F)c2)cn1. The highest BCUT2D eigenvalue weighted by atomic mass is 19.1. The molecule has 0 unspecified atom stereocenters. The molecule has 186 valence electrons. The fourth-order valence-electron chi connectivity index (χ4n) is 4.02. The third-order valence-corrected chi connectivity index (χ3v) is 6.28. The summed E-state index contributed by atoms with van der Waals surface area (Å²) in [6.07, 6.45) is 9.86. The molecule has 6 nitrogen and oxygen atoms in total. The van der Waals surface area contributed by atoms with Gasteiger partial charge in [-0.1, -0.05) is 20.3 Å². The van der Waals surface area contributed by atoms with Gasteiger partial charge in [0.2, 0.25) is 11.8 Å². The predicted molar refractivity (Wildman–Crippen MR) is 132 cm³/mol. The molecule has 0 bridgehead atoms. The fourth-order valence-corrected chi connectivity index (χ4v) is 4.02. The third-order valence-electron chi connectivity index (χ3n) is 6.28. The summed E-state index contributed by atoms with van der Waals surface area (Å²) < 4.78 is 40.6. The number of benzene rings is 1. The Kier molecular flexibility index (Phi) is 8.45. The van der Waals surface area contributed by atoms with Crippen LogP contribution in [-0.2, 0) is 6.42 Å². The van der Waals surface area contributed by atoms with Gasteiger partial charge >= 0.3 is 0 Å². The predicted octanol–water partition coefficient (Wildman–Crippen LogP) is 5.85. The van der Waals surface area contributed by atoms with Crippen LogP contribution in [0.4, 0.5) is 14.7 Å². The van der Waals surface area contributed by atoms with Gasteiger partial charge in [0, 0.05) is 43.3 Å². The second-order valence-corrected chi connectivity index (χ2v) is 8.84.